The number of aromatic nitrogens is 1. The highest BCUT2D eigenvalue weighted by Gasteiger charge is 2.37. The number of pyridine rings is 1. The average molecular weight is 317 g/mol. The highest BCUT2D eigenvalue weighted by Crippen LogP contribution is 2.37. The number of rotatable bonds is 4. The molecule has 0 atom stereocenters. The molecule has 0 aliphatic heterocycles. The van der Waals surface area contributed by atoms with Crippen molar-refractivity contribution in [1.82, 2.24) is 4.98 Å². The third-order valence-corrected chi connectivity index (χ3v) is 8.86. The highest BCUT2D eigenvalue weighted by atomic mass is 28.4. The molecular weight excluding hydrogens is 294 g/mol. The summed E-state index contributed by atoms with van der Waals surface area (Å²) in [4.78, 5) is 15.5. The van der Waals surface area contributed by atoms with Crippen LogP contribution in [-0.2, 0) is 11.0 Å². The molecule has 0 bridgehead atoms. The Morgan fingerprint density at radius 2 is 1.91 bits per heavy atom. The Kier molecular flexibility index (Phi) is 4.40. The molecule has 0 saturated heterocycles. The fourth-order valence-electron chi connectivity index (χ4n) is 1.85. The van der Waals surface area contributed by atoms with Crippen molar-refractivity contribution in [2.75, 3.05) is 0 Å². The van der Waals surface area contributed by atoms with E-state index in [9.17, 15) is 4.79 Å². The molecule has 1 N–H and O–H groups in total. The third-order valence-electron chi connectivity index (χ3n) is 4.38. The number of carbonyl (C=O) groups is 1. The molecule has 0 amide bonds. The van der Waals surface area contributed by atoms with Crippen molar-refractivity contribution in [2.45, 2.75) is 45.5 Å². The molecule has 0 saturated carbocycles. The minimum atomic E-state index is -1.80. The SMILES string of the molecule is CC(C)(C)[Si](C)(C)OCc1ccc2cc(C(=O)O)ccc2n1. The van der Waals surface area contributed by atoms with Gasteiger partial charge in [0, 0.05) is 5.39 Å². The second-order valence-corrected chi connectivity index (χ2v) is 11.9. The summed E-state index contributed by atoms with van der Waals surface area (Å²) in [7, 11) is -1.80. The van der Waals surface area contributed by atoms with Gasteiger partial charge in [-0.05, 0) is 42.4 Å². The van der Waals surface area contributed by atoms with Crippen molar-refractivity contribution < 1.29 is 14.3 Å². The van der Waals surface area contributed by atoms with E-state index in [1.807, 2.05) is 12.1 Å². The van der Waals surface area contributed by atoms with Crippen LogP contribution in [0.5, 0.6) is 0 Å². The van der Waals surface area contributed by atoms with Gasteiger partial charge < -0.3 is 9.53 Å². The first-order valence-electron chi connectivity index (χ1n) is 7.37. The van der Waals surface area contributed by atoms with Crippen molar-refractivity contribution in [3.8, 4) is 0 Å². The lowest BCUT2D eigenvalue weighted by atomic mass is 10.1. The topological polar surface area (TPSA) is 59.4 Å². The van der Waals surface area contributed by atoms with Crippen LogP contribution >= 0.6 is 0 Å². The molecule has 4 nitrogen and oxygen atoms in total. The lowest BCUT2D eigenvalue weighted by Crippen LogP contribution is -2.40. The quantitative estimate of drug-likeness (QED) is 0.846. The minimum Gasteiger partial charge on any atom is -0.478 e. The van der Waals surface area contributed by atoms with Gasteiger partial charge >= 0.3 is 5.97 Å². The summed E-state index contributed by atoms with van der Waals surface area (Å²) in [5.74, 6) is -0.924. The van der Waals surface area contributed by atoms with Crippen molar-refractivity contribution in [3.63, 3.8) is 0 Å². The fraction of sp³-hybridized carbons (Fsp3) is 0.412. The van der Waals surface area contributed by atoms with Crippen LogP contribution in [0.25, 0.3) is 10.9 Å². The molecule has 1 heterocycles. The van der Waals surface area contributed by atoms with E-state index >= 15 is 0 Å². The molecule has 22 heavy (non-hydrogen) atoms. The van der Waals surface area contributed by atoms with Crippen LogP contribution < -0.4 is 0 Å². The molecule has 2 rings (SSSR count). The molecule has 2 aromatic rings. The number of aromatic carboxylic acids is 1. The first-order valence-corrected chi connectivity index (χ1v) is 10.3. The van der Waals surface area contributed by atoms with E-state index in [2.05, 4.69) is 38.8 Å². The Hall–Kier alpha value is -1.72. The number of hydrogen-bond donors (Lipinski definition) is 1. The van der Waals surface area contributed by atoms with Gasteiger partial charge in [-0.1, -0.05) is 26.8 Å². The molecule has 0 radical (unpaired) electrons. The smallest absolute Gasteiger partial charge is 0.335 e. The van der Waals surface area contributed by atoms with Gasteiger partial charge in [0.15, 0.2) is 8.32 Å². The molecule has 0 aliphatic carbocycles. The molecule has 0 fully saturated rings. The summed E-state index contributed by atoms with van der Waals surface area (Å²) in [6, 6.07) is 8.77. The van der Waals surface area contributed by atoms with Gasteiger partial charge in [-0.2, -0.15) is 0 Å². The Labute approximate surface area is 132 Å². The lowest BCUT2D eigenvalue weighted by Gasteiger charge is -2.36. The lowest BCUT2D eigenvalue weighted by molar-refractivity contribution is 0.0697. The molecule has 118 valence electrons. The van der Waals surface area contributed by atoms with Crippen LogP contribution in [0.1, 0.15) is 36.8 Å². The normalized spacial score (nSPS) is 12.6. The monoisotopic (exact) mass is 317 g/mol. The Balaban J connectivity index is 2.20. The zero-order valence-corrected chi connectivity index (χ0v) is 14.8. The van der Waals surface area contributed by atoms with Crippen LogP contribution in [0.2, 0.25) is 18.1 Å². The van der Waals surface area contributed by atoms with Gasteiger partial charge in [-0.25, -0.2) is 4.79 Å². The molecule has 5 heteroatoms. The second kappa shape index (κ2) is 5.82. The molecular formula is C17H23NO3Si. The highest BCUT2D eigenvalue weighted by molar-refractivity contribution is 6.74. The van der Waals surface area contributed by atoms with Gasteiger partial charge in [-0.3, -0.25) is 4.98 Å². The van der Waals surface area contributed by atoms with E-state index in [-0.39, 0.29) is 10.6 Å². The van der Waals surface area contributed by atoms with Crippen molar-refractivity contribution in [2.24, 2.45) is 0 Å². The fourth-order valence-corrected chi connectivity index (χ4v) is 2.79. The summed E-state index contributed by atoms with van der Waals surface area (Å²) in [6.45, 7) is 11.6. The van der Waals surface area contributed by atoms with Gasteiger partial charge in [0.05, 0.1) is 23.4 Å². The summed E-state index contributed by atoms with van der Waals surface area (Å²) in [5, 5.41) is 10.0. The number of hydrogen-bond acceptors (Lipinski definition) is 3. The number of fused-ring (bicyclic) bond motifs is 1. The molecule has 1 aromatic heterocycles. The Morgan fingerprint density at radius 1 is 1.23 bits per heavy atom. The summed E-state index contributed by atoms with van der Waals surface area (Å²) >= 11 is 0. The first-order chi connectivity index (χ1) is 10.1. The number of carboxylic acid groups (broad SMARTS) is 1. The first kappa shape index (κ1) is 16.6. The van der Waals surface area contributed by atoms with Crippen LogP contribution in [-0.4, -0.2) is 24.4 Å². The van der Waals surface area contributed by atoms with E-state index in [1.54, 1.807) is 18.2 Å². The number of carboxylic acids is 1. The van der Waals surface area contributed by atoms with Gasteiger partial charge in [0.1, 0.15) is 0 Å². The summed E-state index contributed by atoms with van der Waals surface area (Å²) in [5.41, 5.74) is 1.95. The van der Waals surface area contributed by atoms with Crippen molar-refractivity contribution in [3.05, 3.63) is 41.6 Å². The zero-order chi connectivity index (χ0) is 16.5. The van der Waals surface area contributed by atoms with Crippen LogP contribution in [0.15, 0.2) is 30.3 Å². The van der Waals surface area contributed by atoms with E-state index in [1.165, 1.54) is 0 Å². The standard InChI is InChI=1S/C17H23NO3Si/c1-17(2,3)22(4,5)21-11-14-8-6-12-10-13(16(19)20)7-9-15(12)18-14/h6-10H,11H2,1-5H3,(H,19,20). The Morgan fingerprint density at radius 3 is 2.50 bits per heavy atom. The summed E-state index contributed by atoms with van der Waals surface area (Å²) in [6.07, 6.45) is 0. The minimum absolute atomic E-state index is 0.167. The van der Waals surface area contributed by atoms with Gasteiger partial charge in [-0.15, -0.1) is 0 Å². The van der Waals surface area contributed by atoms with Gasteiger partial charge in [0.2, 0.25) is 0 Å². The van der Waals surface area contributed by atoms with Crippen LogP contribution in [0, 0.1) is 0 Å². The maximum absolute atomic E-state index is 11.0. The maximum Gasteiger partial charge on any atom is 0.335 e. The van der Waals surface area contributed by atoms with E-state index in [0.29, 0.717) is 6.61 Å². The third kappa shape index (κ3) is 3.54. The molecule has 0 unspecified atom stereocenters. The Bertz CT molecular complexity index is 705. The largest absolute Gasteiger partial charge is 0.478 e. The predicted octanol–water partition coefficient (Wildman–Crippen LogP) is 4.45. The van der Waals surface area contributed by atoms with E-state index in [4.69, 9.17) is 9.53 Å². The van der Waals surface area contributed by atoms with E-state index in [0.717, 1.165) is 16.6 Å². The predicted molar refractivity (Wildman–Crippen MR) is 90.7 cm³/mol. The average Bonchev–Trinajstić information content (AvgIpc) is 2.43. The molecule has 0 aliphatic rings. The van der Waals surface area contributed by atoms with Crippen molar-refractivity contribution >= 4 is 25.2 Å². The van der Waals surface area contributed by atoms with Crippen LogP contribution in [0.4, 0.5) is 0 Å². The van der Waals surface area contributed by atoms with Crippen LogP contribution in [0.3, 0.4) is 0 Å². The van der Waals surface area contributed by atoms with E-state index < -0.39 is 14.3 Å². The van der Waals surface area contributed by atoms with Crippen molar-refractivity contribution in [1.29, 1.82) is 0 Å². The van der Waals surface area contributed by atoms with Gasteiger partial charge in [0.25, 0.3) is 0 Å². The maximum atomic E-state index is 11.0. The molecule has 0 spiro atoms. The number of nitrogens with zero attached hydrogens (tertiary/aromatic N) is 1. The second-order valence-electron chi connectivity index (χ2n) is 7.06. The zero-order valence-electron chi connectivity index (χ0n) is 13.8. The molecule has 1 aromatic carbocycles. The summed E-state index contributed by atoms with van der Waals surface area (Å²) < 4.78 is 6.17. The number of benzene rings is 1.